The fourth-order valence-electron chi connectivity index (χ4n) is 2.92. The van der Waals surface area contributed by atoms with Crippen molar-refractivity contribution in [2.45, 2.75) is 44.6 Å². The van der Waals surface area contributed by atoms with Crippen LogP contribution >= 0.6 is 11.6 Å². The van der Waals surface area contributed by atoms with Crippen LogP contribution in [-0.2, 0) is 19.1 Å². The molecule has 1 aromatic rings. The number of carboxylic acid groups (broad SMARTS) is 1. The molecule has 1 aliphatic carbocycles. The summed E-state index contributed by atoms with van der Waals surface area (Å²) < 4.78 is 16.0. The third-order valence-electron chi connectivity index (χ3n) is 4.51. The molecule has 1 N–H and O–H groups in total. The normalized spacial score (nSPS) is 18.9. The van der Waals surface area contributed by atoms with Gasteiger partial charge in [-0.1, -0.05) is 0 Å². The topological polar surface area (TPSA) is 99.1 Å². The van der Waals surface area contributed by atoms with Crippen molar-refractivity contribution in [2.75, 3.05) is 19.1 Å². The molecule has 0 aliphatic heterocycles. The van der Waals surface area contributed by atoms with Gasteiger partial charge in [0, 0.05) is 12.3 Å². The first-order valence-electron chi connectivity index (χ1n) is 9.38. The van der Waals surface area contributed by atoms with Crippen molar-refractivity contribution >= 4 is 29.5 Å². The van der Waals surface area contributed by atoms with Gasteiger partial charge in [0.1, 0.15) is 11.9 Å². The van der Waals surface area contributed by atoms with Crippen LogP contribution in [0.15, 0.2) is 24.3 Å². The first-order chi connectivity index (χ1) is 13.5. The van der Waals surface area contributed by atoms with Gasteiger partial charge in [-0.05, 0) is 49.9 Å². The first kappa shape index (κ1) is 22.0. The molecule has 1 aliphatic rings. The molecule has 0 unspecified atom stereocenters. The fraction of sp³-hybridized carbons (Fsp3) is 0.550. The molecule has 8 heteroatoms. The molecule has 1 saturated carbocycles. The van der Waals surface area contributed by atoms with E-state index in [2.05, 4.69) is 0 Å². The van der Waals surface area contributed by atoms with Gasteiger partial charge in [0.2, 0.25) is 0 Å². The molecule has 0 saturated heterocycles. The van der Waals surface area contributed by atoms with Crippen molar-refractivity contribution in [3.63, 3.8) is 0 Å². The smallest absolute Gasteiger partial charge is 0.338 e. The standard InChI is InChI=1S/C20H25ClO7/c21-11-10-18(22)27-13-1-12-26-16-6-4-15(5-7-16)20(25)28-17-8-2-14(3-9-17)19(23)24/h4-7,14,17H,1-3,8-13H2,(H,23,24). The van der Waals surface area contributed by atoms with Gasteiger partial charge in [0.05, 0.1) is 31.1 Å². The second-order valence-corrected chi connectivity index (χ2v) is 6.98. The largest absolute Gasteiger partial charge is 0.493 e. The number of esters is 2. The predicted octanol–water partition coefficient (Wildman–Crippen LogP) is 3.43. The number of halogens is 1. The molecule has 0 heterocycles. The summed E-state index contributed by atoms with van der Waals surface area (Å²) in [5, 5.41) is 9.00. The van der Waals surface area contributed by atoms with E-state index in [1.807, 2.05) is 0 Å². The van der Waals surface area contributed by atoms with E-state index in [9.17, 15) is 14.4 Å². The Labute approximate surface area is 168 Å². The third-order valence-corrected chi connectivity index (χ3v) is 4.70. The maximum absolute atomic E-state index is 12.2. The SMILES string of the molecule is O=C(CCCl)OCCCOc1ccc(C(=O)OC2CCC(C(=O)O)CC2)cc1. The van der Waals surface area contributed by atoms with E-state index in [1.54, 1.807) is 24.3 Å². The lowest BCUT2D eigenvalue weighted by Gasteiger charge is -2.25. The maximum Gasteiger partial charge on any atom is 0.338 e. The van der Waals surface area contributed by atoms with E-state index < -0.39 is 11.9 Å². The zero-order valence-electron chi connectivity index (χ0n) is 15.6. The Bertz CT molecular complexity index is 651. The summed E-state index contributed by atoms with van der Waals surface area (Å²) in [6, 6.07) is 6.61. The molecule has 154 valence electrons. The van der Waals surface area contributed by atoms with E-state index in [-0.39, 0.29) is 36.9 Å². The number of benzene rings is 1. The fourth-order valence-corrected chi connectivity index (χ4v) is 3.07. The van der Waals surface area contributed by atoms with Crippen LogP contribution in [0.4, 0.5) is 0 Å². The summed E-state index contributed by atoms with van der Waals surface area (Å²) in [7, 11) is 0. The number of carboxylic acids is 1. The average molecular weight is 413 g/mol. The number of hydrogen-bond acceptors (Lipinski definition) is 6. The van der Waals surface area contributed by atoms with Crippen molar-refractivity contribution in [3.05, 3.63) is 29.8 Å². The molecule has 0 atom stereocenters. The first-order valence-corrected chi connectivity index (χ1v) is 9.91. The number of ether oxygens (including phenoxy) is 3. The number of hydrogen-bond donors (Lipinski definition) is 1. The van der Waals surface area contributed by atoms with Crippen LogP contribution < -0.4 is 4.74 Å². The van der Waals surface area contributed by atoms with Crippen molar-refractivity contribution in [1.29, 1.82) is 0 Å². The molecule has 28 heavy (non-hydrogen) atoms. The van der Waals surface area contributed by atoms with Gasteiger partial charge in [0.15, 0.2) is 0 Å². The molecule has 0 bridgehead atoms. The minimum absolute atomic E-state index is 0.195. The summed E-state index contributed by atoms with van der Waals surface area (Å²) in [5.41, 5.74) is 0.419. The number of carbonyl (C=O) groups excluding carboxylic acids is 2. The van der Waals surface area contributed by atoms with E-state index in [1.165, 1.54) is 0 Å². The van der Waals surface area contributed by atoms with Crippen LogP contribution in [-0.4, -0.2) is 48.2 Å². The molecular formula is C20H25ClO7. The van der Waals surface area contributed by atoms with Crippen molar-refractivity contribution in [1.82, 2.24) is 0 Å². The van der Waals surface area contributed by atoms with Crippen LogP contribution in [0.1, 0.15) is 48.9 Å². The summed E-state index contributed by atoms with van der Waals surface area (Å²) in [5.74, 6) is -1.02. The lowest BCUT2D eigenvalue weighted by Crippen LogP contribution is -2.27. The van der Waals surface area contributed by atoms with Gasteiger partial charge in [0.25, 0.3) is 0 Å². The average Bonchev–Trinajstić information content (AvgIpc) is 2.69. The molecular weight excluding hydrogens is 388 g/mol. The van der Waals surface area contributed by atoms with Crippen LogP contribution in [0.25, 0.3) is 0 Å². The van der Waals surface area contributed by atoms with Gasteiger partial charge in [-0.2, -0.15) is 0 Å². The highest BCUT2D eigenvalue weighted by molar-refractivity contribution is 6.18. The Kier molecular flexibility index (Phi) is 9.07. The molecule has 0 radical (unpaired) electrons. The highest BCUT2D eigenvalue weighted by atomic mass is 35.5. The zero-order chi connectivity index (χ0) is 20.4. The number of alkyl halides is 1. The number of aliphatic carboxylic acids is 1. The monoisotopic (exact) mass is 412 g/mol. The van der Waals surface area contributed by atoms with E-state index in [4.69, 9.17) is 30.9 Å². The second kappa shape index (κ2) is 11.5. The third kappa shape index (κ3) is 7.38. The number of carbonyl (C=O) groups is 3. The molecule has 0 aromatic heterocycles. The summed E-state index contributed by atoms with van der Waals surface area (Å²) in [4.78, 5) is 34.3. The van der Waals surface area contributed by atoms with Crippen LogP contribution in [0.3, 0.4) is 0 Å². The predicted molar refractivity (Wildman–Crippen MR) is 102 cm³/mol. The molecule has 0 spiro atoms. The summed E-state index contributed by atoms with van der Waals surface area (Å²) in [6.07, 6.45) is 2.71. The van der Waals surface area contributed by atoms with E-state index in [0.29, 0.717) is 50.0 Å². The lowest BCUT2D eigenvalue weighted by atomic mass is 9.87. The minimum Gasteiger partial charge on any atom is -0.493 e. The minimum atomic E-state index is -0.784. The van der Waals surface area contributed by atoms with Gasteiger partial charge in [-0.15, -0.1) is 11.6 Å². The summed E-state index contributed by atoms with van der Waals surface area (Å²) >= 11 is 5.44. The second-order valence-electron chi connectivity index (χ2n) is 6.60. The zero-order valence-corrected chi connectivity index (χ0v) is 16.4. The van der Waals surface area contributed by atoms with Crippen molar-refractivity contribution in [3.8, 4) is 5.75 Å². The molecule has 1 fully saturated rings. The van der Waals surface area contributed by atoms with E-state index >= 15 is 0 Å². The molecule has 2 rings (SSSR count). The van der Waals surface area contributed by atoms with Crippen LogP contribution in [0.2, 0.25) is 0 Å². The van der Waals surface area contributed by atoms with Gasteiger partial charge in [-0.3, -0.25) is 9.59 Å². The quantitative estimate of drug-likeness (QED) is 0.357. The van der Waals surface area contributed by atoms with Gasteiger partial charge < -0.3 is 19.3 Å². The highest BCUT2D eigenvalue weighted by Crippen LogP contribution is 2.27. The highest BCUT2D eigenvalue weighted by Gasteiger charge is 2.28. The molecule has 7 nitrogen and oxygen atoms in total. The lowest BCUT2D eigenvalue weighted by molar-refractivity contribution is -0.144. The Hall–Kier alpha value is -2.28. The van der Waals surface area contributed by atoms with Crippen LogP contribution in [0, 0.1) is 5.92 Å². The number of rotatable bonds is 10. The van der Waals surface area contributed by atoms with Crippen LogP contribution in [0.5, 0.6) is 5.75 Å². The Morgan fingerprint density at radius 2 is 1.71 bits per heavy atom. The van der Waals surface area contributed by atoms with Crippen molar-refractivity contribution < 1.29 is 33.7 Å². The Morgan fingerprint density at radius 1 is 1.04 bits per heavy atom. The Balaban J connectivity index is 1.68. The molecule has 0 amide bonds. The van der Waals surface area contributed by atoms with Crippen molar-refractivity contribution in [2.24, 2.45) is 5.92 Å². The maximum atomic E-state index is 12.2. The van der Waals surface area contributed by atoms with Gasteiger partial charge in [-0.25, -0.2) is 4.79 Å². The molecule has 1 aromatic carbocycles. The van der Waals surface area contributed by atoms with Gasteiger partial charge >= 0.3 is 17.9 Å². The summed E-state index contributed by atoms with van der Waals surface area (Å²) in [6.45, 7) is 0.648. The van der Waals surface area contributed by atoms with E-state index in [0.717, 1.165) is 0 Å². The Morgan fingerprint density at radius 3 is 2.32 bits per heavy atom.